The van der Waals surface area contributed by atoms with Crippen LogP contribution in [0.2, 0.25) is 5.04 Å². The molecule has 0 spiro atoms. The second kappa shape index (κ2) is 6.87. The Balaban J connectivity index is 3.00. The molecule has 0 unspecified atom stereocenters. The van der Waals surface area contributed by atoms with Gasteiger partial charge in [-0.25, -0.2) is 8.78 Å². The van der Waals surface area contributed by atoms with Crippen molar-refractivity contribution >= 4 is 15.7 Å². The molecule has 0 saturated carbocycles. The number of halogens is 2. The third-order valence-electron chi connectivity index (χ3n) is 2.95. The predicted molar refractivity (Wildman–Crippen MR) is 83.5 cm³/mol. The van der Waals surface area contributed by atoms with Gasteiger partial charge in [-0.3, -0.25) is 4.79 Å². The normalized spacial score (nSPS) is 12.4. The van der Waals surface area contributed by atoms with Crippen LogP contribution in [-0.2, 0) is 21.4 Å². The van der Waals surface area contributed by atoms with Gasteiger partial charge in [0.25, 0.3) is 0 Å². The molecular formula is C16H23F2NO2Si. The molecule has 0 saturated heterocycles. The molecule has 0 fully saturated rings. The topological polar surface area (TPSA) is 38.3 Å². The highest BCUT2D eigenvalue weighted by atomic mass is 28.2. The van der Waals surface area contributed by atoms with Gasteiger partial charge in [0, 0.05) is 24.6 Å². The van der Waals surface area contributed by atoms with Crippen LogP contribution in [-0.4, -0.2) is 15.7 Å². The van der Waals surface area contributed by atoms with Crippen molar-refractivity contribution in [2.24, 2.45) is 0 Å². The molecular weight excluding hydrogens is 304 g/mol. The lowest BCUT2D eigenvalue weighted by molar-refractivity contribution is -0.119. The summed E-state index contributed by atoms with van der Waals surface area (Å²) in [6.45, 7) is 10.8. The monoisotopic (exact) mass is 327 g/mol. The lowest BCUT2D eigenvalue weighted by Crippen LogP contribution is -2.29. The molecule has 0 aliphatic rings. The van der Waals surface area contributed by atoms with Crippen LogP contribution in [0.15, 0.2) is 12.1 Å². The molecule has 0 atom stereocenters. The van der Waals surface area contributed by atoms with Crippen molar-refractivity contribution in [1.29, 1.82) is 0 Å². The van der Waals surface area contributed by atoms with E-state index in [4.69, 9.17) is 4.43 Å². The summed E-state index contributed by atoms with van der Waals surface area (Å²) in [6, 6.07) is 3.00. The van der Waals surface area contributed by atoms with Crippen molar-refractivity contribution in [2.75, 3.05) is 0 Å². The van der Waals surface area contributed by atoms with E-state index in [2.05, 4.69) is 5.32 Å². The van der Waals surface area contributed by atoms with Crippen molar-refractivity contribution in [3.8, 4) is 0 Å². The van der Waals surface area contributed by atoms with Gasteiger partial charge >= 0.3 is 0 Å². The molecule has 22 heavy (non-hydrogen) atoms. The van der Waals surface area contributed by atoms with Gasteiger partial charge in [-0.2, -0.15) is 0 Å². The van der Waals surface area contributed by atoms with Crippen molar-refractivity contribution < 1.29 is 18.0 Å². The van der Waals surface area contributed by atoms with Crippen molar-refractivity contribution in [1.82, 2.24) is 5.32 Å². The quantitative estimate of drug-likeness (QED) is 0.838. The molecule has 6 heteroatoms. The molecule has 1 aromatic rings. The summed E-state index contributed by atoms with van der Waals surface area (Å²) in [5.74, 6) is -2.16. The minimum absolute atomic E-state index is 0.0383. The standard InChI is InChI=1S/C16H23F2NO2Si/c1-10(20)19-9-11-7-8-12(14(18)13(11)17)16(5,6)21-22-15(2,3)4/h7-8H,9H2,1-6H3,(H,19,20). The van der Waals surface area contributed by atoms with E-state index in [9.17, 15) is 13.6 Å². The van der Waals surface area contributed by atoms with E-state index in [1.807, 2.05) is 20.8 Å². The maximum atomic E-state index is 14.3. The zero-order valence-corrected chi connectivity index (χ0v) is 14.9. The highest BCUT2D eigenvalue weighted by Crippen LogP contribution is 2.32. The SMILES string of the molecule is CC(=O)NCc1ccc(C(C)(C)O[Si]C(C)(C)C)c(F)c1F. The molecule has 1 rings (SSSR count). The Bertz CT molecular complexity index is 554. The van der Waals surface area contributed by atoms with Crippen LogP contribution in [0.4, 0.5) is 8.78 Å². The van der Waals surface area contributed by atoms with Crippen LogP contribution in [0.1, 0.15) is 52.7 Å². The first-order valence-electron chi connectivity index (χ1n) is 7.11. The van der Waals surface area contributed by atoms with Gasteiger partial charge in [-0.05, 0) is 18.9 Å². The first-order chi connectivity index (χ1) is 9.94. The highest BCUT2D eigenvalue weighted by Gasteiger charge is 2.30. The van der Waals surface area contributed by atoms with Crippen molar-refractivity contribution in [2.45, 2.75) is 58.7 Å². The fourth-order valence-corrected chi connectivity index (χ4v) is 2.42. The fraction of sp³-hybridized carbons (Fsp3) is 0.562. The zero-order valence-electron chi connectivity index (χ0n) is 13.9. The predicted octanol–water partition coefficient (Wildman–Crippen LogP) is 3.69. The number of hydrogen-bond donors (Lipinski definition) is 1. The molecule has 122 valence electrons. The molecule has 0 aliphatic carbocycles. The van der Waals surface area contributed by atoms with Crippen LogP contribution >= 0.6 is 0 Å². The van der Waals surface area contributed by atoms with Gasteiger partial charge < -0.3 is 9.74 Å². The second-order valence-electron chi connectivity index (χ2n) is 6.77. The maximum absolute atomic E-state index is 14.3. The van der Waals surface area contributed by atoms with Crippen LogP contribution < -0.4 is 5.32 Å². The maximum Gasteiger partial charge on any atom is 0.236 e. The Kier molecular flexibility index (Phi) is 5.87. The zero-order chi connectivity index (χ0) is 17.1. The Morgan fingerprint density at radius 1 is 1.18 bits per heavy atom. The summed E-state index contributed by atoms with van der Waals surface area (Å²) in [5, 5.41) is 2.41. The molecule has 2 radical (unpaired) electrons. The number of hydrogen-bond acceptors (Lipinski definition) is 2. The summed E-state index contributed by atoms with van der Waals surface area (Å²) in [5.41, 5.74) is -0.637. The molecule has 1 amide bonds. The number of rotatable bonds is 5. The number of benzene rings is 1. The van der Waals surface area contributed by atoms with E-state index in [0.29, 0.717) is 0 Å². The third kappa shape index (κ3) is 5.17. The molecule has 1 N–H and O–H groups in total. The third-order valence-corrected chi connectivity index (χ3v) is 4.18. The molecule has 0 bridgehead atoms. The van der Waals surface area contributed by atoms with Crippen LogP contribution in [0.3, 0.4) is 0 Å². The molecule has 0 heterocycles. The van der Waals surface area contributed by atoms with E-state index < -0.39 is 17.2 Å². The Morgan fingerprint density at radius 3 is 2.27 bits per heavy atom. The Morgan fingerprint density at radius 2 is 1.77 bits per heavy atom. The van der Waals surface area contributed by atoms with E-state index in [0.717, 1.165) is 0 Å². The van der Waals surface area contributed by atoms with Crippen LogP contribution in [0, 0.1) is 11.6 Å². The van der Waals surface area contributed by atoms with Gasteiger partial charge in [0.05, 0.1) is 5.60 Å². The van der Waals surface area contributed by atoms with E-state index in [-0.39, 0.29) is 38.4 Å². The van der Waals surface area contributed by atoms with Gasteiger partial charge in [0.15, 0.2) is 11.6 Å². The van der Waals surface area contributed by atoms with Gasteiger partial charge in [0.1, 0.15) is 0 Å². The minimum atomic E-state index is -0.943. The number of amides is 1. The van der Waals surface area contributed by atoms with Crippen LogP contribution in [0.5, 0.6) is 0 Å². The summed E-state index contributed by atoms with van der Waals surface area (Å²) in [6.07, 6.45) is 0. The highest BCUT2D eigenvalue weighted by molar-refractivity contribution is 6.31. The van der Waals surface area contributed by atoms with E-state index in [1.54, 1.807) is 13.8 Å². The van der Waals surface area contributed by atoms with E-state index >= 15 is 0 Å². The smallest absolute Gasteiger partial charge is 0.236 e. The number of carbonyl (C=O) groups excluding carboxylic acids is 1. The van der Waals surface area contributed by atoms with Gasteiger partial charge in [0.2, 0.25) is 15.7 Å². The lowest BCUT2D eigenvalue weighted by Gasteiger charge is -2.30. The second-order valence-corrected chi connectivity index (χ2v) is 8.68. The lowest BCUT2D eigenvalue weighted by atomic mass is 9.96. The molecule has 3 nitrogen and oxygen atoms in total. The summed E-state index contributed by atoms with van der Waals surface area (Å²) in [4.78, 5) is 10.9. The summed E-state index contributed by atoms with van der Waals surface area (Å²) in [7, 11) is 0.160. The van der Waals surface area contributed by atoms with Gasteiger partial charge in [-0.15, -0.1) is 0 Å². The first-order valence-corrected chi connectivity index (χ1v) is 8.02. The minimum Gasteiger partial charge on any atom is -0.408 e. The van der Waals surface area contributed by atoms with Crippen molar-refractivity contribution in [3.63, 3.8) is 0 Å². The summed E-state index contributed by atoms with van der Waals surface area (Å²) >= 11 is 0. The first kappa shape index (κ1) is 18.8. The Labute approximate surface area is 133 Å². The van der Waals surface area contributed by atoms with Crippen LogP contribution in [0.25, 0.3) is 0 Å². The number of carbonyl (C=O) groups is 1. The van der Waals surface area contributed by atoms with Gasteiger partial charge in [-0.1, -0.05) is 32.9 Å². The average Bonchev–Trinajstić information content (AvgIpc) is 2.37. The molecule has 0 aromatic heterocycles. The molecule has 0 aliphatic heterocycles. The van der Waals surface area contributed by atoms with Crippen molar-refractivity contribution in [3.05, 3.63) is 34.9 Å². The molecule has 1 aromatic carbocycles. The van der Waals surface area contributed by atoms with E-state index in [1.165, 1.54) is 19.1 Å². The number of nitrogens with one attached hydrogen (secondary N) is 1. The average molecular weight is 327 g/mol. The summed E-state index contributed by atoms with van der Waals surface area (Å²) < 4.78 is 34.3. The largest absolute Gasteiger partial charge is 0.408 e. The Hall–Kier alpha value is -1.27. The fourth-order valence-electron chi connectivity index (χ4n) is 1.75.